The van der Waals surface area contributed by atoms with Crippen molar-refractivity contribution in [1.82, 2.24) is 24.8 Å². The van der Waals surface area contributed by atoms with Gasteiger partial charge in [0.2, 0.25) is 11.8 Å². The number of likely N-dealkylation sites (tertiary alicyclic amines) is 2. The first kappa shape index (κ1) is 33.4. The summed E-state index contributed by atoms with van der Waals surface area (Å²) in [6.45, 7) is 1.69. The lowest BCUT2D eigenvalue weighted by molar-refractivity contribution is -0.167. The van der Waals surface area contributed by atoms with Crippen molar-refractivity contribution in [2.45, 2.75) is 49.4 Å². The van der Waals surface area contributed by atoms with Crippen LogP contribution in [0.25, 0.3) is 11.3 Å². The fourth-order valence-electron chi connectivity index (χ4n) is 6.27. The van der Waals surface area contributed by atoms with E-state index < -0.39 is 37.2 Å². The van der Waals surface area contributed by atoms with Crippen molar-refractivity contribution in [3.8, 4) is 29.0 Å². The Morgan fingerprint density at radius 3 is 2.62 bits per heavy atom. The molecule has 48 heavy (non-hydrogen) atoms. The minimum absolute atomic E-state index is 0.0273. The Bertz CT molecular complexity index is 1660. The number of halogens is 2. The zero-order valence-electron chi connectivity index (χ0n) is 26.4. The van der Waals surface area contributed by atoms with Gasteiger partial charge in [-0.1, -0.05) is 0 Å². The molecule has 13 nitrogen and oxygen atoms in total. The number of alkyl halides is 2. The van der Waals surface area contributed by atoms with Crippen LogP contribution in [0.2, 0.25) is 0 Å². The molecule has 2 unspecified atom stereocenters. The standard InChI is InChI=1S/C33H37F2N7O6/c1-46-30-24(20-7-11-41(12-8-20)23-17-47-18-23)3-5-29(39-30)40-32-37-10-6-25(38-32)21-2-4-27(22(14-21)15-36)48-28-9-13-42(19-33(28,34)35)31(45)26(44)16-43/h2-6,10,14,20,23,26,28,43-44H,7-9,11-13,16-19H2,1H3,(H,37,38,39,40). The Morgan fingerprint density at radius 2 is 1.96 bits per heavy atom. The van der Waals surface area contributed by atoms with E-state index in [0.717, 1.165) is 49.6 Å². The summed E-state index contributed by atoms with van der Waals surface area (Å²) in [5.74, 6) is -2.83. The van der Waals surface area contributed by atoms with Crippen LogP contribution in [0.3, 0.4) is 0 Å². The first-order valence-corrected chi connectivity index (χ1v) is 15.8. The SMILES string of the molecule is COc1nc(Nc2nccc(-c3ccc(OC4CCN(C(=O)C(O)CO)CC4(F)F)c(C#N)c3)n2)ccc1C1CCN(C2COC2)CC1. The lowest BCUT2D eigenvalue weighted by Crippen LogP contribution is -2.57. The number of aromatic nitrogens is 3. The molecule has 3 N–H and O–H groups in total. The first-order chi connectivity index (χ1) is 23.2. The van der Waals surface area contributed by atoms with Crippen molar-refractivity contribution in [3.05, 3.63) is 53.7 Å². The highest BCUT2D eigenvalue weighted by molar-refractivity contribution is 5.81. The van der Waals surface area contributed by atoms with Crippen LogP contribution < -0.4 is 14.8 Å². The lowest BCUT2D eigenvalue weighted by atomic mass is 9.89. The van der Waals surface area contributed by atoms with Gasteiger partial charge < -0.3 is 34.6 Å². The first-order valence-electron chi connectivity index (χ1n) is 15.8. The quantitative estimate of drug-likeness (QED) is 0.290. The monoisotopic (exact) mass is 665 g/mol. The van der Waals surface area contributed by atoms with Gasteiger partial charge in [0.15, 0.2) is 12.2 Å². The highest BCUT2D eigenvalue weighted by Crippen LogP contribution is 2.36. The van der Waals surface area contributed by atoms with Crippen LogP contribution in [0.5, 0.6) is 11.6 Å². The Hall–Kier alpha value is -4.49. The maximum atomic E-state index is 15.0. The average molecular weight is 666 g/mol. The van der Waals surface area contributed by atoms with Gasteiger partial charge in [0.1, 0.15) is 17.6 Å². The number of aliphatic hydroxyl groups is 2. The van der Waals surface area contributed by atoms with Gasteiger partial charge in [-0.3, -0.25) is 9.69 Å². The van der Waals surface area contributed by atoms with Crippen molar-refractivity contribution in [2.75, 3.05) is 58.4 Å². The molecule has 3 aliphatic rings. The zero-order valence-corrected chi connectivity index (χ0v) is 26.4. The van der Waals surface area contributed by atoms with E-state index in [1.807, 2.05) is 18.2 Å². The summed E-state index contributed by atoms with van der Waals surface area (Å²) in [5, 5.41) is 31.5. The van der Waals surface area contributed by atoms with E-state index in [1.54, 1.807) is 25.4 Å². The van der Waals surface area contributed by atoms with E-state index in [-0.39, 0.29) is 30.2 Å². The van der Waals surface area contributed by atoms with Crippen molar-refractivity contribution in [3.63, 3.8) is 0 Å². The molecule has 2 aromatic heterocycles. The lowest BCUT2D eigenvalue weighted by Gasteiger charge is -2.41. The minimum atomic E-state index is -3.46. The summed E-state index contributed by atoms with van der Waals surface area (Å²) in [4.78, 5) is 28.9. The number of benzene rings is 1. The third kappa shape index (κ3) is 7.16. The van der Waals surface area contributed by atoms with Gasteiger partial charge in [-0.25, -0.2) is 18.7 Å². The van der Waals surface area contributed by atoms with Crippen LogP contribution >= 0.6 is 0 Å². The Balaban J connectivity index is 1.12. The number of hydrogen-bond donors (Lipinski definition) is 3. The number of nitrogens with one attached hydrogen (secondary N) is 1. The Labute approximate surface area is 276 Å². The van der Waals surface area contributed by atoms with Crippen molar-refractivity contribution < 1.29 is 38.0 Å². The largest absolute Gasteiger partial charge is 0.483 e. The van der Waals surface area contributed by atoms with E-state index in [2.05, 4.69) is 25.2 Å². The number of piperidine rings is 2. The van der Waals surface area contributed by atoms with E-state index in [1.165, 1.54) is 12.1 Å². The smallest absolute Gasteiger partial charge is 0.301 e. The average Bonchev–Trinajstić information content (AvgIpc) is 3.08. The maximum absolute atomic E-state index is 15.0. The number of anilines is 2. The molecular weight excluding hydrogens is 628 g/mol. The molecule has 0 aliphatic carbocycles. The third-order valence-corrected chi connectivity index (χ3v) is 9.05. The predicted molar refractivity (Wildman–Crippen MR) is 168 cm³/mol. The van der Waals surface area contributed by atoms with E-state index in [9.17, 15) is 23.9 Å². The number of rotatable bonds is 10. The Kier molecular flexibility index (Phi) is 9.97. The predicted octanol–water partition coefficient (Wildman–Crippen LogP) is 2.71. The fraction of sp³-hybridized carbons (Fsp3) is 0.485. The van der Waals surface area contributed by atoms with Crippen LogP contribution in [0.4, 0.5) is 20.5 Å². The summed E-state index contributed by atoms with van der Waals surface area (Å²) in [5.41, 5.74) is 2.10. The van der Waals surface area contributed by atoms with Gasteiger partial charge in [-0.15, -0.1) is 0 Å². The molecule has 1 amide bonds. The second kappa shape index (κ2) is 14.3. The number of carbonyl (C=O) groups excluding carboxylic acids is 1. The number of nitrogens with zero attached hydrogens (tertiary/aromatic N) is 6. The number of nitriles is 1. The normalized spacial score (nSPS) is 20.8. The molecule has 0 spiro atoms. The molecular formula is C33H37F2N7O6. The number of ether oxygens (including phenoxy) is 3. The highest BCUT2D eigenvalue weighted by atomic mass is 19.3. The minimum Gasteiger partial charge on any atom is -0.483 e. The van der Waals surface area contributed by atoms with Crippen LogP contribution in [-0.4, -0.2) is 118 Å². The molecule has 6 rings (SSSR count). The number of hydrogen-bond acceptors (Lipinski definition) is 12. The molecule has 3 saturated heterocycles. The third-order valence-electron chi connectivity index (χ3n) is 9.05. The van der Waals surface area contributed by atoms with E-state index >= 15 is 0 Å². The summed E-state index contributed by atoms with van der Waals surface area (Å²) in [7, 11) is 1.60. The molecule has 3 aromatic rings. The van der Waals surface area contributed by atoms with Crippen LogP contribution in [0, 0.1) is 11.3 Å². The van der Waals surface area contributed by atoms with E-state index in [4.69, 9.17) is 19.3 Å². The number of carbonyl (C=O) groups is 1. The summed E-state index contributed by atoms with van der Waals surface area (Å²) in [6, 6.07) is 12.6. The maximum Gasteiger partial charge on any atom is 0.301 e. The molecule has 3 fully saturated rings. The van der Waals surface area contributed by atoms with E-state index in [0.29, 0.717) is 34.9 Å². The van der Waals surface area contributed by atoms with Crippen LogP contribution in [0.15, 0.2) is 42.6 Å². The Morgan fingerprint density at radius 1 is 1.17 bits per heavy atom. The van der Waals surface area contributed by atoms with Crippen molar-refractivity contribution in [1.29, 1.82) is 5.26 Å². The van der Waals surface area contributed by atoms with Gasteiger partial charge in [-0.2, -0.15) is 10.2 Å². The van der Waals surface area contributed by atoms with Gasteiger partial charge in [0.25, 0.3) is 5.91 Å². The molecule has 254 valence electrons. The van der Waals surface area contributed by atoms with Gasteiger partial charge in [-0.05, 0) is 68.2 Å². The van der Waals surface area contributed by atoms with Crippen LogP contribution in [-0.2, 0) is 9.53 Å². The van der Waals surface area contributed by atoms with Gasteiger partial charge in [0, 0.05) is 30.3 Å². The number of pyridine rings is 1. The molecule has 0 bridgehead atoms. The van der Waals surface area contributed by atoms with Gasteiger partial charge in [0.05, 0.1) is 50.8 Å². The second-order valence-corrected chi connectivity index (χ2v) is 12.1. The topological polar surface area (TPSA) is 166 Å². The molecule has 15 heteroatoms. The van der Waals surface area contributed by atoms with Gasteiger partial charge >= 0.3 is 5.92 Å². The highest BCUT2D eigenvalue weighted by Gasteiger charge is 2.48. The second-order valence-electron chi connectivity index (χ2n) is 12.1. The molecule has 3 aliphatic heterocycles. The number of aliphatic hydroxyl groups excluding tert-OH is 2. The summed E-state index contributed by atoms with van der Waals surface area (Å²) >= 11 is 0. The number of methoxy groups -OCH3 is 1. The molecule has 2 atom stereocenters. The molecule has 0 saturated carbocycles. The van der Waals surface area contributed by atoms with Crippen LogP contribution in [0.1, 0.15) is 36.3 Å². The van der Waals surface area contributed by atoms with Crippen molar-refractivity contribution in [2.24, 2.45) is 0 Å². The molecule has 5 heterocycles. The summed E-state index contributed by atoms with van der Waals surface area (Å²) in [6.07, 6.45) is -0.0251. The number of amides is 1. The zero-order chi connectivity index (χ0) is 33.8. The molecule has 0 radical (unpaired) electrons. The molecule has 1 aromatic carbocycles. The van der Waals surface area contributed by atoms with Crippen molar-refractivity contribution >= 4 is 17.7 Å². The fourth-order valence-corrected chi connectivity index (χ4v) is 6.27. The summed E-state index contributed by atoms with van der Waals surface area (Å²) < 4.78 is 46.5.